The maximum absolute atomic E-state index is 6.15. The first kappa shape index (κ1) is 15.6. The lowest BCUT2D eigenvalue weighted by Gasteiger charge is -2.47. The fourth-order valence-corrected chi connectivity index (χ4v) is 3.74. The topological polar surface area (TPSA) is 44.9 Å². The molecule has 0 atom stereocenters. The highest BCUT2D eigenvalue weighted by Crippen LogP contribution is 2.45. The SMILES string of the molecule is CN(C)CCN1C(N)=NCC12CCC(C(C)(C)C)CC2. The highest BCUT2D eigenvalue weighted by molar-refractivity contribution is 5.81. The summed E-state index contributed by atoms with van der Waals surface area (Å²) in [6.07, 6.45) is 5.11. The second kappa shape index (κ2) is 5.55. The molecule has 0 bridgehead atoms. The van der Waals surface area contributed by atoms with Crippen LogP contribution in [0.15, 0.2) is 4.99 Å². The Balaban J connectivity index is 2.01. The van der Waals surface area contributed by atoms with Crippen LogP contribution in [0.4, 0.5) is 0 Å². The molecule has 2 N–H and O–H groups in total. The van der Waals surface area contributed by atoms with Crippen molar-refractivity contribution >= 4 is 5.96 Å². The summed E-state index contributed by atoms with van der Waals surface area (Å²) >= 11 is 0. The number of nitrogens with zero attached hydrogens (tertiary/aromatic N) is 3. The highest BCUT2D eigenvalue weighted by Gasteiger charge is 2.45. The van der Waals surface area contributed by atoms with E-state index in [1.54, 1.807) is 0 Å². The number of hydrogen-bond donors (Lipinski definition) is 1. The predicted octanol–water partition coefficient (Wildman–Crippen LogP) is 2.15. The van der Waals surface area contributed by atoms with Crippen molar-refractivity contribution in [3.63, 3.8) is 0 Å². The summed E-state index contributed by atoms with van der Waals surface area (Å²) in [6, 6.07) is 0. The molecule has 116 valence electrons. The molecule has 0 radical (unpaired) electrons. The minimum absolute atomic E-state index is 0.224. The maximum Gasteiger partial charge on any atom is 0.191 e. The normalized spacial score (nSPS) is 31.2. The van der Waals surface area contributed by atoms with Crippen LogP contribution in [-0.4, -0.2) is 55.0 Å². The highest BCUT2D eigenvalue weighted by atomic mass is 15.4. The average Bonchev–Trinajstić information content (AvgIpc) is 2.63. The number of nitrogens with two attached hydrogens (primary N) is 1. The minimum Gasteiger partial charge on any atom is -0.370 e. The molecule has 1 fully saturated rings. The first-order valence-electron chi connectivity index (χ1n) is 7.97. The van der Waals surface area contributed by atoms with Crippen LogP contribution >= 0.6 is 0 Å². The number of rotatable bonds is 3. The Hall–Kier alpha value is -0.770. The molecule has 2 aliphatic rings. The number of guanidine groups is 1. The first-order chi connectivity index (χ1) is 9.24. The van der Waals surface area contributed by atoms with Gasteiger partial charge in [-0.05, 0) is 51.1 Å². The Labute approximate surface area is 124 Å². The Morgan fingerprint density at radius 2 is 1.90 bits per heavy atom. The van der Waals surface area contributed by atoms with Gasteiger partial charge in [0.1, 0.15) is 0 Å². The van der Waals surface area contributed by atoms with E-state index in [-0.39, 0.29) is 5.54 Å². The van der Waals surface area contributed by atoms with Crippen LogP contribution in [0.3, 0.4) is 0 Å². The van der Waals surface area contributed by atoms with Crippen molar-refractivity contribution in [2.45, 2.75) is 52.0 Å². The van der Waals surface area contributed by atoms with Gasteiger partial charge in [0.2, 0.25) is 0 Å². The van der Waals surface area contributed by atoms with Crippen LogP contribution < -0.4 is 5.73 Å². The molecule has 4 nitrogen and oxygen atoms in total. The predicted molar refractivity (Wildman–Crippen MR) is 85.9 cm³/mol. The van der Waals surface area contributed by atoms with Gasteiger partial charge in [0.25, 0.3) is 0 Å². The molecule has 0 aromatic carbocycles. The minimum atomic E-state index is 0.224. The zero-order chi connectivity index (χ0) is 15.0. The Morgan fingerprint density at radius 1 is 1.30 bits per heavy atom. The van der Waals surface area contributed by atoms with Gasteiger partial charge in [-0.2, -0.15) is 0 Å². The second-order valence-corrected chi connectivity index (χ2v) is 7.99. The van der Waals surface area contributed by atoms with Gasteiger partial charge < -0.3 is 15.5 Å². The smallest absolute Gasteiger partial charge is 0.191 e. The molecule has 0 aromatic rings. The third-order valence-electron chi connectivity index (χ3n) is 5.30. The largest absolute Gasteiger partial charge is 0.370 e. The molecule has 0 unspecified atom stereocenters. The van der Waals surface area contributed by atoms with Gasteiger partial charge in [-0.3, -0.25) is 4.99 Å². The fourth-order valence-electron chi connectivity index (χ4n) is 3.74. The molecule has 4 heteroatoms. The molecule has 0 saturated heterocycles. The summed E-state index contributed by atoms with van der Waals surface area (Å²) in [6.45, 7) is 10.1. The van der Waals surface area contributed by atoms with Crippen LogP contribution in [0.5, 0.6) is 0 Å². The van der Waals surface area contributed by atoms with E-state index in [1.165, 1.54) is 25.7 Å². The molecule has 2 rings (SSSR count). The molecular weight excluding hydrogens is 248 g/mol. The molecular formula is C16H32N4. The van der Waals surface area contributed by atoms with Crippen molar-refractivity contribution in [3.8, 4) is 0 Å². The monoisotopic (exact) mass is 280 g/mol. The average molecular weight is 280 g/mol. The molecule has 1 saturated carbocycles. The van der Waals surface area contributed by atoms with Crippen molar-refractivity contribution in [1.29, 1.82) is 0 Å². The van der Waals surface area contributed by atoms with Gasteiger partial charge in [0.15, 0.2) is 5.96 Å². The lowest BCUT2D eigenvalue weighted by molar-refractivity contribution is 0.0712. The lowest BCUT2D eigenvalue weighted by atomic mass is 9.67. The Morgan fingerprint density at radius 3 is 2.40 bits per heavy atom. The summed E-state index contributed by atoms with van der Waals surface area (Å²) < 4.78 is 0. The van der Waals surface area contributed by atoms with Crippen molar-refractivity contribution < 1.29 is 0 Å². The molecule has 0 amide bonds. The fraction of sp³-hybridized carbons (Fsp3) is 0.938. The molecule has 1 spiro atoms. The van der Waals surface area contributed by atoms with E-state index in [0.717, 1.165) is 31.5 Å². The van der Waals surface area contributed by atoms with Gasteiger partial charge in [-0.15, -0.1) is 0 Å². The molecule has 20 heavy (non-hydrogen) atoms. The van der Waals surface area contributed by atoms with E-state index in [0.29, 0.717) is 5.41 Å². The van der Waals surface area contributed by atoms with Gasteiger partial charge in [0, 0.05) is 13.1 Å². The summed E-state index contributed by atoms with van der Waals surface area (Å²) in [5, 5.41) is 0. The third kappa shape index (κ3) is 3.11. The van der Waals surface area contributed by atoms with Crippen molar-refractivity contribution in [1.82, 2.24) is 9.80 Å². The summed E-state index contributed by atoms with van der Waals surface area (Å²) in [5.41, 5.74) is 6.80. The van der Waals surface area contributed by atoms with Crippen molar-refractivity contribution in [2.24, 2.45) is 22.1 Å². The van der Waals surface area contributed by atoms with E-state index in [2.05, 4.69) is 49.7 Å². The van der Waals surface area contributed by atoms with Gasteiger partial charge in [-0.25, -0.2) is 0 Å². The van der Waals surface area contributed by atoms with Crippen LogP contribution in [0.1, 0.15) is 46.5 Å². The second-order valence-electron chi connectivity index (χ2n) is 7.99. The number of likely N-dealkylation sites (N-methyl/N-ethyl adjacent to an activating group) is 1. The quantitative estimate of drug-likeness (QED) is 0.861. The molecule has 1 aliphatic heterocycles. The zero-order valence-electron chi connectivity index (χ0n) is 13.9. The van der Waals surface area contributed by atoms with E-state index in [9.17, 15) is 0 Å². The van der Waals surface area contributed by atoms with Gasteiger partial charge >= 0.3 is 0 Å². The van der Waals surface area contributed by atoms with Crippen LogP contribution in [0.25, 0.3) is 0 Å². The molecule has 0 aromatic heterocycles. The van der Waals surface area contributed by atoms with Gasteiger partial charge in [0.05, 0.1) is 12.1 Å². The van der Waals surface area contributed by atoms with Crippen LogP contribution in [-0.2, 0) is 0 Å². The van der Waals surface area contributed by atoms with Crippen LogP contribution in [0, 0.1) is 11.3 Å². The van der Waals surface area contributed by atoms with Crippen LogP contribution in [0.2, 0.25) is 0 Å². The third-order valence-corrected chi connectivity index (χ3v) is 5.30. The zero-order valence-corrected chi connectivity index (χ0v) is 13.9. The van der Waals surface area contributed by atoms with Gasteiger partial charge in [-0.1, -0.05) is 20.8 Å². The van der Waals surface area contributed by atoms with E-state index < -0.39 is 0 Å². The Kier molecular flexibility index (Phi) is 4.33. The Bertz CT molecular complexity index is 359. The molecule has 1 aliphatic carbocycles. The van der Waals surface area contributed by atoms with E-state index in [1.807, 2.05) is 0 Å². The van der Waals surface area contributed by atoms with E-state index in [4.69, 9.17) is 5.73 Å². The summed E-state index contributed by atoms with van der Waals surface area (Å²) in [5.74, 6) is 1.60. The molecule has 1 heterocycles. The van der Waals surface area contributed by atoms with E-state index >= 15 is 0 Å². The van der Waals surface area contributed by atoms with Crippen molar-refractivity contribution in [3.05, 3.63) is 0 Å². The summed E-state index contributed by atoms with van der Waals surface area (Å²) in [4.78, 5) is 9.18. The first-order valence-corrected chi connectivity index (χ1v) is 7.97. The van der Waals surface area contributed by atoms with Crippen molar-refractivity contribution in [2.75, 3.05) is 33.7 Å². The lowest BCUT2D eigenvalue weighted by Crippen LogP contribution is -2.55. The number of aliphatic imine (C=N–C) groups is 1. The standard InChI is InChI=1S/C16H32N4/c1-15(2,3)13-6-8-16(9-7-13)12-18-14(17)20(16)11-10-19(4)5/h13H,6-12H2,1-5H3,(H2,17,18). The summed E-state index contributed by atoms with van der Waals surface area (Å²) in [7, 11) is 4.24. The maximum atomic E-state index is 6.15. The number of hydrogen-bond acceptors (Lipinski definition) is 4.